The third kappa shape index (κ3) is 2.60. The van der Waals surface area contributed by atoms with Crippen molar-refractivity contribution in [3.8, 4) is 17.0 Å². The number of nitrogens with zero attached hydrogens (tertiary/aromatic N) is 3. The van der Waals surface area contributed by atoms with Crippen molar-refractivity contribution >= 4 is 27.9 Å². The second kappa shape index (κ2) is 6.49. The van der Waals surface area contributed by atoms with E-state index in [1.54, 1.807) is 7.11 Å². The van der Waals surface area contributed by atoms with E-state index in [0.717, 1.165) is 51.2 Å². The van der Waals surface area contributed by atoms with Crippen LogP contribution in [0.15, 0.2) is 54.7 Å². The number of hydrogen-bond donors (Lipinski definition) is 0. The highest BCUT2D eigenvalue weighted by Gasteiger charge is 2.28. The van der Waals surface area contributed by atoms with Gasteiger partial charge in [-0.15, -0.1) is 0 Å². The molecule has 4 aromatic rings. The number of anilines is 1. The Bertz CT molecular complexity index is 1190. The number of amides is 1. The van der Waals surface area contributed by atoms with Crippen molar-refractivity contribution in [2.24, 2.45) is 0 Å². The van der Waals surface area contributed by atoms with Crippen LogP contribution in [0.2, 0.25) is 0 Å². The molecule has 1 aliphatic rings. The number of hydrogen-bond acceptors (Lipinski definition) is 4. The maximum atomic E-state index is 13.2. The maximum Gasteiger partial charge on any atom is 0.270 e. The number of ether oxygens (including phenoxy) is 1. The molecule has 0 radical (unpaired) electrons. The molecule has 140 valence electrons. The van der Waals surface area contributed by atoms with Crippen molar-refractivity contribution in [2.75, 3.05) is 18.6 Å². The smallest absolute Gasteiger partial charge is 0.270 e. The first kappa shape index (κ1) is 17.0. The lowest BCUT2D eigenvalue weighted by Crippen LogP contribution is -2.28. The highest BCUT2D eigenvalue weighted by Crippen LogP contribution is 2.33. The summed E-state index contributed by atoms with van der Waals surface area (Å²) in [6, 6.07) is 16.0. The quantitative estimate of drug-likeness (QED) is 0.515. The van der Waals surface area contributed by atoms with E-state index in [4.69, 9.17) is 9.72 Å². The second-order valence-corrected chi connectivity index (χ2v) is 7.84. The molecule has 0 N–H and O–H groups in total. The van der Waals surface area contributed by atoms with Crippen LogP contribution in [0.3, 0.4) is 0 Å². The Morgan fingerprint density at radius 3 is 2.68 bits per heavy atom. The number of carbonyl (C=O) groups excluding carboxylic acids is 1. The fraction of sp³-hybridized carbons (Fsp3) is 0.182. The number of thiazole rings is 1. The van der Waals surface area contributed by atoms with E-state index in [1.165, 1.54) is 16.9 Å². The van der Waals surface area contributed by atoms with E-state index in [1.807, 2.05) is 64.9 Å². The van der Waals surface area contributed by atoms with E-state index >= 15 is 0 Å². The zero-order valence-electron chi connectivity index (χ0n) is 15.7. The summed E-state index contributed by atoms with van der Waals surface area (Å²) in [6.45, 7) is 2.72. The minimum absolute atomic E-state index is 0.0592. The second-order valence-electron chi connectivity index (χ2n) is 6.86. The van der Waals surface area contributed by atoms with Crippen LogP contribution in [0.25, 0.3) is 16.2 Å². The molecule has 0 saturated heterocycles. The molecule has 0 fully saturated rings. The Morgan fingerprint density at radius 2 is 1.93 bits per heavy atom. The van der Waals surface area contributed by atoms with E-state index in [-0.39, 0.29) is 5.91 Å². The molecule has 3 heterocycles. The van der Waals surface area contributed by atoms with Gasteiger partial charge in [0.05, 0.1) is 12.8 Å². The lowest BCUT2D eigenvalue weighted by atomic mass is 10.2. The van der Waals surface area contributed by atoms with Crippen molar-refractivity contribution < 1.29 is 9.53 Å². The van der Waals surface area contributed by atoms with Gasteiger partial charge in [0.25, 0.3) is 5.91 Å². The number of fused-ring (bicyclic) bond motifs is 2. The highest BCUT2D eigenvalue weighted by molar-refractivity contribution is 7.19. The van der Waals surface area contributed by atoms with Gasteiger partial charge in [-0.1, -0.05) is 29.5 Å². The average molecular weight is 389 g/mol. The van der Waals surface area contributed by atoms with Gasteiger partial charge in [0.15, 0.2) is 4.96 Å². The third-order valence-electron chi connectivity index (χ3n) is 5.27. The number of methoxy groups -OCH3 is 1. The summed E-state index contributed by atoms with van der Waals surface area (Å²) in [6.07, 6.45) is 2.91. The molecule has 5 nitrogen and oxygen atoms in total. The molecule has 2 aromatic carbocycles. The lowest BCUT2D eigenvalue weighted by molar-refractivity contribution is 0.0992. The number of para-hydroxylation sites is 1. The molecule has 0 unspecified atom stereocenters. The summed E-state index contributed by atoms with van der Waals surface area (Å²) < 4.78 is 7.23. The summed E-state index contributed by atoms with van der Waals surface area (Å²) in [5, 5.41) is 0. The van der Waals surface area contributed by atoms with Crippen LogP contribution in [0.4, 0.5) is 5.69 Å². The van der Waals surface area contributed by atoms with Gasteiger partial charge >= 0.3 is 0 Å². The first-order valence-corrected chi connectivity index (χ1v) is 10.00. The standard InChI is InChI=1S/C22H19N3O2S/c1-14-20(21(26)24-12-11-16-5-3-4-6-19(16)24)28-22-23-18(13-25(14)22)15-7-9-17(27-2)10-8-15/h3-10,13H,11-12H2,1-2H3. The molecule has 2 aromatic heterocycles. The van der Waals surface area contributed by atoms with Crippen molar-refractivity contribution in [1.29, 1.82) is 0 Å². The molecule has 0 saturated carbocycles. The zero-order valence-corrected chi connectivity index (χ0v) is 16.5. The van der Waals surface area contributed by atoms with Crippen molar-refractivity contribution in [3.63, 3.8) is 0 Å². The predicted octanol–water partition coefficient (Wildman–Crippen LogP) is 4.58. The SMILES string of the molecule is COc1ccc(-c2cn3c(C)c(C(=O)N4CCc5ccccc54)sc3n2)cc1. The molecule has 5 rings (SSSR count). The zero-order chi connectivity index (χ0) is 19.3. The predicted molar refractivity (Wildman–Crippen MR) is 112 cm³/mol. The number of benzene rings is 2. The minimum atomic E-state index is 0.0592. The molecule has 0 spiro atoms. The van der Waals surface area contributed by atoms with Crippen molar-refractivity contribution in [3.05, 3.63) is 70.9 Å². The number of rotatable bonds is 3. The number of aryl methyl sites for hydroxylation is 1. The van der Waals surface area contributed by atoms with Crippen LogP contribution in [-0.4, -0.2) is 28.9 Å². The van der Waals surface area contributed by atoms with Crippen LogP contribution < -0.4 is 9.64 Å². The van der Waals surface area contributed by atoms with Crippen LogP contribution >= 0.6 is 11.3 Å². The monoisotopic (exact) mass is 389 g/mol. The van der Waals surface area contributed by atoms with Crippen LogP contribution in [0.1, 0.15) is 20.9 Å². The van der Waals surface area contributed by atoms with Gasteiger partial charge in [-0.3, -0.25) is 9.20 Å². The van der Waals surface area contributed by atoms with Gasteiger partial charge in [-0.25, -0.2) is 4.98 Å². The molecule has 0 aliphatic carbocycles. The van der Waals surface area contributed by atoms with Crippen molar-refractivity contribution in [1.82, 2.24) is 9.38 Å². The molecule has 28 heavy (non-hydrogen) atoms. The molecule has 0 bridgehead atoms. The fourth-order valence-electron chi connectivity index (χ4n) is 3.72. The summed E-state index contributed by atoms with van der Waals surface area (Å²) in [5.41, 5.74) is 5.11. The maximum absolute atomic E-state index is 13.2. The third-order valence-corrected chi connectivity index (χ3v) is 6.41. The first-order chi connectivity index (χ1) is 13.7. The minimum Gasteiger partial charge on any atom is -0.497 e. The van der Waals surface area contributed by atoms with Gasteiger partial charge < -0.3 is 9.64 Å². The molecular formula is C22H19N3O2S. The molecule has 1 amide bonds. The van der Waals surface area contributed by atoms with E-state index in [2.05, 4.69) is 6.07 Å². The number of imidazole rings is 1. The number of aromatic nitrogens is 2. The first-order valence-electron chi connectivity index (χ1n) is 9.18. The average Bonchev–Trinajstić information content (AvgIpc) is 3.42. The largest absolute Gasteiger partial charge is 0.497 e. The lowest BCUT2D eigenvalue weighted by Gasteiger charge is -2.16. The summed E-state index contributed by atoms with van der Waals surface area (Å²) in [4.78, 5) is 21.4. The normalized spacial score (nSPS) is 13.1. The molecular weight excluding hydrogens is 370 g/mol. The highest BCUT2D eigenvalue weighted by atomic mass is 32.1. The van der Waals surface area contributed by atoms with Crippen LogP contribution in [-0.2, 0) is 6.42 Å². The summed E-state index contributed by atoms with van der Waals surface area (Å²) in [7, 11) is 1.66. The Kier molecular flexibility index (Phi) is 3.94. The van der Waals surface area contributed by atoms with E-state index in [0.29, 0.717) is 0 Å². The Balaban J connectivity index is 1.49. The van der Waals surface area contributed by atoms with Crippen molar-refractivity contribution in [2.45, 2.75) is 13.3 Å². The Labute approximate surface area is 166 Å². The summed E-state index contributed by atoms with van der Waals surface area (Å²) in [5.74, 6) is 0.878. The molecule has 1 aliphatic heterocycles. The van der Waals surface area contributed by atoms with Gasteiger partial charge in [-0.05, 0) is 49.2 Å². The molecule has 6 heteroatoms. The Hall–Kier alpha value is -3.12. The van der Waals surface area contributed by atoms with E-state index in [9.17, 15) is 4.79 Å². The van der Waals surface area contributed by atoms with Crippen LogP contribution in [0, 0.1) is 6.92 Å². The summed E-state index contributed by atoms with van der Waals surface area (Å²) >= 11 is 1.45. The van der Waals surface area contributed by atoms with Gasteiger partial charge in [0.1, 0.15) is 10.6 Å². The fourth-order valence-corrected chi connectivity index (χ4v) is 4.78. The topological polar surface area (TPSA) is 46.8 Å². The number of carbonyl (C=O) groups is 1. The van der Waals surface area contributed by atoms with Gasteiger partial charge in [0.2, 0.25) is 0 Å². The van der Waals surface area contributed by atoms with E-state index < -0.39 is 0 Å². The van der Waals surface area contributed by atoms with Crippen LogP contribution in [0.5, 0.6) is 5.75 Å². The Morgan fingerprint density at radius 1 is 1.14 bits per heavy atom. The van der Waals surface area contributed by atoms with Gasteiger partial charge in [0, 0.05) is 29.7 Å². The molecule has 0 atom stereocenters. The van der Waals surface area contributed by atoms with Gasteiger partial charge in [-0.2, -0.15) is 0 Å².